The molecule has 2 aromatic heterocycles. The topological polar surface area (TPSA) is 86.1 Å². The van der Waals surface area contributed by atoms with E-state index < -0.39 is 5.56 Å². The second-order valence-corrected chi connectivity index (χ2v) is 8.06. The number of hydrogen-bond donors (Lipinski definition) is 1. The highest BCUT2D eigenvalue weighted by molar-refractivity contribution is 7.19. The van der Waals surface area contributed by atoms with Gasteiger partial charge >= 0.3 is 0 Å². The maximum Gasteiger partial charge on any atom is 0.294 e. The molecule has 0 aliphatic carbocycles. The summed E-state index contributed by atoms with van der Waals surface area (Å²) in [6, 6.07) is 13.2. The zero-order valence-electron chi connectivity index (χ0n) is 16.9. The highest BCUT2D eigenvalue weighted by Gasteiger charge is 2.18. The molecule has 2 aromatic carbocycles. The molecule has 0 saturated heterocycles. The summed E-state index contributed by atoms with van der Waals surface area (Å²) in [5.74, 6) is -0.0759. The lowest BCUT2D eigenvalue weighted by molar-refractivity contribution is -0.122. The van der Waals surface area contributed by atoms with Crippen LogP contribution >= 0.6 is 11.3 Å². The highest BCUT2D eigenvalue weighted by Crippen LogP contribution is 2.31. The Morgan fingerprint density at radius 3 is 2.74 bits per heavy atom. The Morgan fingerprint density at radius 1 is 1.23 bits per heavy atom. The summed E-state index contributed by atoms with van der Waals surface area (Å²) in [4.78, 5) is 29.7. The van der Waals surface area contributed by atoms with Crippen molar-refractivity contribution >= 4 is 27.5 Å². The fourth-order valence-electron chi connectivity index (χ4n) is 3.13. The van der Waals surface area contributed by atoms with Crippen molar-refractivity contribution in [1.82, 2.24) is 20.1 Å². The van der Waals surface area contributed by atoms with E-state index in [1.54, 1.807) is 19.2 Å². The first-order valence-corrected chi connectivity index (χ1v) is 10.3. The van der Waals surface area contributed by atoms with Crippen molar-refractivity contribution in [3.63, 3.8) is 0 Å². The summed E-state index contributed by atoms with van der Waals surface area (Å²) < 4.78 is 20.1. The van der Waals surface area contributed by atoms with Crippen LogP contribution in [0, 0.1) is 12.7 Å². The van der Waals surface area contributed by atoms with E-state index in [1.165, 1.54) is 23.5 Å². The van der Waals surface area contributed by atoms with Crippen LogP contribution in [0.3, 0.4) is 0 Å². The lowest BCUT2D eigenvalue weighted by Gasteiger charge is -2.10. The first-order valence-electron chi connectivity index (χ1n) is 9.48. The number of fused-ring (bicyclic) bond motifs is 1. The van der Waals surface area contributed by atoms with Gasteiger partial charge in [0.15, 0.2) is 5.52 Å². The molecule has 4 aromatic rings. The number of halogens is 1. The van der Waals surface area contributed by atoms with Crippen molar-refractivity contribution in [1.29, 1.82) is 0 Å². The third kappa shape index (κ3) is 4.46. The molecule has 0 aliphatic heterocycles. The summed E-state index contributed by atoms with van der Waals surface area (Å²) in [6.45, 7) is 1.78. The molecule has 0 bridgehead atoms. The van der Waals surface area contributed by atoms with E-state index in [0.29, 0.717) is 16.1 Å². The zero-order valence-corrected chi connectivity index (χ0v) is 17.7. The SMILES string of the molecule is COc1cccc(-c2nn(CC(=O)NCc3ccc(F)cc3)c(=O)c3nc(C)sc23)c1. The molecule has 31 heavy (non-hydrogen) atoms. The largest absolute Gasteiger partial charge is 0.497 e. The van der Waals surface area contributed by atoms with Gasteiger partial charge in [0.1, 0.15) is 23.8 Å². The van der Waals surface area contributed by atoms with Gasteiger partial charge in [0.2, 0.25) is 5.91 Å². The summed E-state index contributed by atoms with van der Waals surface area (Å²) in [6.07, 6.45) is 0. The molecule has 0 atom stereocenters. The van der Waals surface area contributed by atoms with Crippen LogP contribution in [0.5, 0.6) is 5.75 Å². The van der Waals surface area contributed by atoms with Crippen LogP contribution < -0.4 is 15.6 Å². The van der Waals surface area contributed by atoms with Crippen molar-refractivity contribution in [2.75, 3.05) is 7.11 Å². The Kier molecular flexibility index (Phi) is 5.77. The smallest absolute Gasteiger partial charge is 0.294 e. The van der Waals surface area contributed by atoms with E-state index in [2.05, 4.69) is 15.4 Å². The van der Waals surface area contributed by atoms with E-state index in [9.17, 15) is 14.0 Å². The number of rotatable bonds is 6. The van der Waals surface area contributed by atoms with Gasteiger partial charge < -0.3 is 10.1 Å². The van der Waals surface area contributed by atoms with E-state index >= 15 is 0 Å². The van der Waals surface area contributed by atoms with Gasteiger partial charge in [0.25, 0.3) is 5.56 Å². The van der Waals surface area contributed by atoms with Crippen LogP contribution in [0.15, 0.2) is 53.3 Å². The molecule has 0 unspecified atom stereocenters. The molecule has 0 radical (unpaired) electrons. The van der Waals surface area contributed by atoms with Crippen molar-refractivity contribution in [2.45, 2.75) is 20.0 Å². The molecule has 9 heteroatoms. The molecule has 1 amide bonds. The normalized spacial score (nSPS) is 10.9. The van der Waals surface area contributed by atoms with E-state index in [0.717, 1.165) is 20.8 Å². The molecule has 2 heterocycles. The van der Waals surface area contributed by atoms with E-state index in [1.807, 2.05) is 31.2 Å². The quantitative estimate of drug-likeness (QED) is 0.499. The number of nitrogens with one attached hydrogen (secondary N) is 1. The molecule has 7 nitrogen and oxygen atoms in total. The Bertz CT molecular complexity index is 1310. The van der Waals surface area contributed by atoms with Gasteiger partial charge in [-0.2, -0.15) is 5.10 Å². The van der Waals surface area contributed by atoms with E-state index in [4.69, 9.17) is 4.74 Å². The molecule has 1 N–H and O–H groups in total. The standard InChI is InChI=1S/C22H19FN4O3S/c1-13-25-20-21(31-13)19(15-4-3-5-17(10-15)30-2)26-27(22(20)29)12-18(28)24-11-14-6-8-16(23)9-7-14/h3-10H,11-12H2,1-2H3,(H,24,28). The van der Waals surface area contributed by atoms with Gasteiger partial charge in [-0.05, 0) is 36.8 Å². The molecule has 0 saturated carbocycles. The molecular formula is C22H19FN4O3S. The molecule has 158 valence electrons. The lowest BCUT2D eigenvalue weighted by atomic mass is 10.1. The first kappa shape index (κ1) is 20.7. The summed E-state index contributed by atoms with van der Waals surface area (Å²) >= 11 is 1.38. The van der Waals surface area contributed by atoms with Crippen LogP contribution in [-0.4, -0.2) is 27.8 Å². The third-order valence-corrected chi connectivity index (χ3v) is 5.62. The van der Waals surface area contributed by atoms with Crippen LogP contribution in [0.2, 0.25) is 0 Å². The fourth-order valence-corrected chi connectivity index (χ4v) is 4.04. The number of thiazole rings is 1. The van der Waals surface area contributed by atoms with E-state index in [-0.39, 0.29) is 30.3 Å². The summed E-state index contributed by atoms with van der Waals surface area (Å²) in [5, 5.41) is 7.93. The maximum absolute atomic E-state index is 13.0. The van der Waals surface area contributed by atoms with Gasteiger partial charge in [-0.3, -0.25) is 9.59 Å². The number of carbonyl (C=O) groups excluding carboxylic acids is 1. The minimum Gasteiger partial charge on any atom is -0.497 e. The van der Waals surface area contributed by atoms with Crippen molar-refractivity contribution < 1.29 is 13.9 Å². The second-order valence-electron chi connectivity index (χ2n) is 6.86. The van der Waals surface area contributed by atoms with Gasteiger partial charge in [-0.25, -0.2) is 14.1 Å². The number of aromatic nitrogens is 3. The number of carbonyl (C=O) groups is 1. The predicted octanol–water partition coefficient (Wildman–Crippen LogP) is 3.29. The maximum atomic E-state index is 13.0. The number of benzene rings is 2. The number of amides is 1. The van der Waals surface area contributed by atoms with Crippen molar-refractivity contribution in [3.8, 4) is 17.0 Å². The van der Waals surface area contributed by atoms with Crippen LogP contribution in [-0.2, 0) is 17.9 Å². The molecule has 0 fully saturated rings. The number of nitrogens with zero attached hydrogens (tertiary/aromatic N) is 3. The number of ether oxygens (including phenoxy) is 1. The minimum atomic E-state index is -0.428. The molecular weight excluding hydrogens is 419 g/mol. The van der Waals surface area contributed by atoms with Crippen LogP contribution in [0.25, 0.3) is 21.5 Å². The zero-order chi connectivity index (χ0) is 22.0. The Hall–Kier alpha value is -3.59. The number of aryl methyl sites for hydroxylation is 1. The van der Waals surface area contributed by atoms with Crippen molar-refractivity contribution in [2.24, 2.45) is 0 Å². The molecule has 0 spiro atoms. The summed E-state index contributed by atoms with van der Waals surface area (Å²) in [5.41, 5.74) is 1.92. The number of methoxy groups -OCH3 is 1. The van der Waals surface area contributed by atoms with Gasteiger partial charge in [0, 0.05) is 12.1 Å². The van der Waals surface area contributed by atoms with Gasteiger partial charge in [-0.1, -0.05) is 24.3 Å². The third-order valence-electron chi connectivity index (χ3n) is 4.65. The lowest BCUT2D eigenvalue weighted by Crippen LogP contribution is -2.33. The second kappa shape index (κ2) is 8.65. The van der Waals surface area contributed by atoms with Gasteiger partial charge in [-0.15, -0.1) is 11.3 Å². The molecule has 0 aliphatic rings. The Morgan fingerprint density at radius 2 is 2.00 bits per heavy atom. The van der Waals surface area contributed by atoms with Gasteiger partial charge in [0.05, 0.1) is 16.8 Å². The monoisotopic (exact) mass is 438 g/mol. The first-order chi connectivity index (χ1) is 14.9. The minimum absolute atomic E-state index is 0.217. The Balaban J connectivity index is 1.65. The average Bonchev–Trinajstić information content (AvgIpc) is 3.17. The molecule has 4 rings (SSSR count). The highest BCUT2D eigenvalue weighted by atomic mass is 32.1. The van der Waals surface area contributed by atoms with Crippen LogP contribution in [0.1, 0.15) is 10.6 Å². The Labute approximate surface area is 181 Å². The predicted molar refractivity (Wildman–Crippen MR) is 117 cm³/mol. The van der Waals surface area contributed by atoms with Crippen LogP contribution in [0.4, 0.5) is 4.39 Å². The number of hydrogen-bond acceptors (Lipinski definition) is 6. The fraction of sp³-hybridized carbons (Fsp3) is 0.182. The summed E-state index contributed by atoms with van der Waals surface area (Å²) in [7, 11) is 1.57. The van der Waals surface area contributed by atoms with Crippen molar-refractivity contribution in [3.05, 3.63) is 75.3 Å². The average molecular weight is 438 g/mol.